The van der Waals surface area contributed by atoms with Crippen LogP contribution >= 0.6 is 11.3 Å². The Kier molecular flexibility index (Phi) is 6.26. The van der Waals surface area contributed by atoms with Crippen LogP contribution in [0.2, 0.25) is 0 Å². The van der Waals surface area contributed by atoms with Crippen molar-refractivity contribution in [3.8, 4) is 0 Å². The zero-order valence-electron chi connectivity index (χ0n) is 16.1. The Labute approximate surface area is 170 Å². The maximum absolute atomic E-state index is 11.8. The van der Waals surface area contributed by atoms with Crippen molar-refractivity contribution in [2.75, 3.05) is 44.2 Å². The number of thiophene rings is 1. The summed E-state index contributed by atoms with van der Waals surface area (Å²) in [4.78, 5) is 20.0. The Morgan fingerprint density at radius 1 is 1.11 bits per heavy atom. The van der Waals surface area contributed by atoms with E-state index in [4.69, 9.17) is 0 Å². The van der Waals surface area contributed by atoms with Crippen LogP contribution in [0, 0.1) is 0 Å². The number of hydrogen-bond acceptors (Lipinski definition) is 5. The second-order valence-corrected chi connectivity index (χ2v) is 8.53. The quantitative estimate of drug-likeness (QED) is 0.749. The molecule has 150 valence electrons. The van der Waals surface area contributed by atoms with Crippen LogP contribution in [0.3, 0.4) is 0 Å². The lowest BCUT2D eigenvalue weighted by molar-refractivity contribution is 0.0506. The van der Waals surface area contributed by atoms with E-state index in [0.717, 1.165) is 51.4 Å². The fraction of sp³-hybridized carbons (Fsp3) is 0.476. The van der Waals surface area contributed by atoms with E-state index in [2.05, 4.69) is 44.8 Å². The summed E-state index contributed by atoms with van der Waals surface area (Å²) in [7, 11) is 0. The third kappa shape index (κ3) is 4.55. The van der Waals surface area contributed by atoms with Gasteiger partial charge in [0.05, 0.1) is 0 Å². The van der Waals surface area contributed by atoms with E-state index >= 15 is 0 Å². The molecule has 3 heterocycles. The van der Waals surface area contributed by atoms with E-state index in [-0.39, 0.29) is 12.6 Å². The van der Waals surface area contributed by atoms with Crippen molar-refractivity contribution in [1.82, 2.24) is 15.1 Å². The van der Waals surface area contributed by atoms with Crippen molar-refractivity contribution in [2.45, 2.75) is 25.6 Å². The number of carbonyl (C=O) groups excluding carboxylic acids is 1. The molecule has 0 bridgehead atoms. The summed E-state index contributed by atoms with van der Waals surface area (Å²) >= 11 is 1.80. The lowest BCUT2D eigenvalue weighted by atomic mass is 10.1. The average Bonchev–Trinajstić information content (AvgIpc) is 3.36. The first-order valence-corrected chi connectivity index (χ1v) is 10.8. The van der Waals surface area contributed by atoms with Crippen LogP contribution in [0.15, 0.2) is 41.8 Å². The molecular weight excluding hydrogens is 372 g/mol. The number of amides is 2. The van der Waals surface area contributed by atoms with E-state index in [1.807, 2.05) is 12.1 Å². The summed E-state index contributed by atoms with van der Waals surface area (Å²) < 4.78 is 0. The molecule has 4 rings (SSSR count). The van der Waals surface area contributed by atoms with Gasteiger partial charge in [-0.25, -0.2) is 4.79 Å². The van der Waals surface area contributed by atoms with E-state index in [1.165, 1.54) is 10.4 Å². The summed E-state index contributed by atoms with van der Waals surface area (Å²) in [6.45, 7) is 6.58. The zero-order chi connectivity index (χ0) is 19.3. The number of carbonyl (C=O) groups is 1. The van der Waals surface area contributed by atoms with Gasteiger partial charge in [0.25, 0.3) is 0 Å². The van der Waals surface area contributed by atoms with Crippen molar-refractivity contribution < 1.29 is 9.90 Å². The average molecular weight is 401 g/mol. The molecule has 0 spiro atoms. The molecule has 1 unspecified atom stereocenters. The van der Waals surface area contributed by atoms with Gasteiger partial charge in [0, 0.05) is 69.0 Å². The van der Waals surface area contributed by atoms with Crippen molar-refractivity contribution >= 4 is 23.1 Å². The first-order chi connectivity index (χ1) is 13.7. The van der Waals surface area contributed by atoms with Gasteiger partial charge in [-0.05, 0) is 35.6 Å². The number of benzene rings is 1. The van der Waals surface area contributed by atoms with E-state index < -0.39 is 0 Å². The number of aliphatic hydroxyl groups is 1. The molecule has 1 aromatic heterocycles. The second-order valence-electron chi connectivity index (χ2n) is 7.50. The molecule has 28 heavy (non-hydrogen) atoms. The van der Waals surface area contributed by atoms with Gasteiger partial charge in [0.1, 0.15) is 0 Å². The minimum atomic E-state index is -0.0125. The van der Waals surface area contributed by atoms with Crippen LogP contribution in [-0.2, 0) is 13.1 Å². The third-order valence-electron chi connectivity index (χ3n) is 5.60. The summed E-state index contributed by atoms with van der Waals surface area (Å²) in [6.07, 6.45) is 0.810. The third-order valence-corrected chi connectivity index (χ3v) is 6.46. The zero-order valence-corrected chi connectivity index (χ0v) is 16.9. The van der Waals surface area contributed by atoms with E-state index in [0.29, 0.717) is 12.6 Å². The highest BCUT2D eigenvalue weighted by molar-refractivity contribution is 7.09. The number of rotatable bonds is 7. The molecule has 2 aliphatic heterocycles. The second kappa shape index (κ2) is 9.05. The fourth-order valence-corrected chi connectivity index (χ4v) is 4.82. The van der Waals surface area contributed by atoms with Gasteiger partial charge in [-0.1, -0.05) is 18.2 Å². The van der Waals surface area contributed by atoms with Crippen molar-refractivity contribution in [1.29, 1.82) is 0 Å². The van der Waals surface area contributed by atoms with Crippen molar-refractivity contribution in [2.24, 2.45) is 0 Å². The van der Waals surface area contributed by atoms with Crippen LogP contribution in [0.1, 0.15) is 16.9 Å². The Morgan fingerprint density at radius 2 is 1.96 bits per heavy atom. The van der Waals surface area contributed by atoms with Crippen LogP contribution in [0.25, 0.3) is 0 Å². The number of anilines is 1. The molecule has 1 aromatic carbocycles. The van der Waals surface area contributed by atoms with Crippen LogP contribution in [0.4, 0.5) is 10.5 Å². The molecule has 2 fully saturated rings. The van der Waals surface area contributed by atoms with Gasteiger partial charge in [0.2, 0.25) is 0 Å². The van der Waals surface area contributed by atoms with Crippen molar-refractivity contribution in [3.05, 3.63) is 52.2 Å². The van der Waals surface area contributed by atoms with Crippen LogP contribution in [-0.4, -0.2) is 66.3 Å². The summed E-state index contributed by atoms with van der Waals surface area (Å²) in [5, 5.41) is 14.5. The van der Waals surface area contributed by atoms with E-state index in [9.17, 15) is 9.90 Å². The largest absolute Gasteiger partial charge is 0.396 e. The summed E-state index contributed by atoms with van der Waals surface area (Å²) in [6, 6.07) is 13.0. The Morgan fingerprint density at radius 3 is 2.64 bits per heavy atom. The van der Waals surface area contributed by atoms with E-state index in [1.54, 1.807) is 16.2 Å². The highest BCUT2D eigenvalue weighted by Gasteiger charge is 2.27. The molecule has 0 aliphatic carbocycles. The molecule has 2 N–H and O–H groups in total. The van der Waals surface area contributed by atoms with Gasteiger partial charge in [-0.2, -0.15) is 0 Å². The van der Waals surface area contributed by atoms with Gasteiger partial charge in [-0.15, -0.1) is 11.3 Å². The maximum atomic E-state index is 11.8. The monoisotopic (exact) mass is 400 g/mol. The number of piperazine rings is 1. The van der Waals surface area contributed by atoms with Gasteiger partial charge in [0.15, 0.2) is 0 Å². The van der Waals surface area contributed by atoms with Crippen molar-refractivity contribution in [3.63, 3.8) is 0 Å². The number of aliphatic hydroxyl groups excluding tert-OH is 1. The maximum Gasteiger partial charge on any atom is 0.321 e. The number of hydrogen-bond donors (Lipinski definition) is 2. The van der Waals surface area contributed by atoms with Gasteiger partial charge in [-0.3, -0.25) is 14.7 Å². The molecule has 6 nitrogen and oxygen atoms in total. The number of nitrogens with zero attached hydrogens (tertiary/aromatic N) is 3. The standard InChI is InChI=1S/C21H28N4O2S/c26-12-7-19-15-23(10-11-24(19)16-20-2-1-13-28-20)14-17-3-5-18(6-4-17)25-9-8-22-21(25)27/h1-6,13,19,26H,7-12,14-16H2,(H,22,27). The SMILES string of the molecule is O=C1NCCN1c1ccc(CN2CCN(Cc3cccs3)C(CCO)C2)cc1. The Bertz CT molecular complexity index is 765. The van der Waals surface area contributed by atoms with Crippen LogP contribution in [0.5, 0.6) is 0 Å². The smallest absolute Gasteiger partial charge is 0.321 e. The minimum absolute atomic E-state index is 0.0125. The lowest BCUT2D eigenvalue weighted by Gasteiger charge is -2.41. The Balaban J connectivity index is 1.35. The fourth-order valence-electron chi connectivity index (χ4n) is 4.09. The molecule has 2 aliphatic rings. The normalized spacial score (nSPS) is 21.2. The van der Waals surface area contributed by atoms with Crippen LogP contribution < -0.4 is 10.2 Å². The molecule has 7 heteroatoms. The summed E-state index contributed by atoms with van der Waals surface area (Å²) in [5.41, 5.74) is 2.22. The predicted octanol–water partition coefficient (Wildman–Crippen LogP) is 2.35. The topological polar surface area (TPSA) is 59.1 Å². The minimum Gasteiger partial charge on any atom is -0.396 e. The highest BCUT2D eigenvalue weighted by Crippen LogP contribution is 2.22. The molecule has 0 saturated carbocycles. The molecule has 2 amide bonds. The highest BCUT2D eigenvalue weighted by atomic mass is 32.1. The predicted molar refractivity (Wildman–Crippen MR) is 113 cm³/mol. The molecule has 1 atom stereocenters. The summed E-state index contributed by atoms with van der Waals surface area (Å²) in [5.74, 6) is 0. The molecule has 2 saturated heterocycles. The molecule has 0 radical (unpaired) electrons. The number of urea groups is 1. The van der Waals surface area contributed by atoms with Gasteiger partial charge >= 0.3 is 6.03 Å². The molecule has 2 aromatic rings. The lowest BCUT2D eigenvalue weighted by Crippen LogP contribution is -2.52. The Hall–Kier alpha value is -1.93. The first kappa shape index (κ1) is 19.4. The molecular formula is C21H28N4O2S. The first-order valence-electron chi connectivity index (χ1n) is 9.97. The number of nitrogens with one attached hydrogen (secondary N) is 1. The van der Waals surface area contributed by atoms with Gasteiger partial charge < -0.3 is 10.4 Å².